The first-order valence-corrected chi connectivity index (χ1v) is 8.34. The van der Waals surface area contributed by atoms with Crippen molar-refractivity contribution in [3.8, 4) is 0 Å². The molecule has 0 radical (unpaired) electrons. The van der Waals surface area contributed by atoms with Crippen molar-refractivity contribution in [2.24, 2.45) is 0 Å². The molecule has 2 heterocycles. The number of hydrogen-bond donors (Lipinski definition) is 2. The summed E-state index contributed by atoms with van der Waals surface area (Å²) in [7, 11) is 2.12. The first kappa shape index (κ1) is 17.9. The highest BCUT2D eigenvalue weighted by Gasteiger charge is 2.43. The van der Waals surface area contributed by atoms with Gasteiger partial charge < -0.3 is 11.1 Å². The third-order valence-electron chi connectivity index (χ3n) is 4.87. The molecule has 0 amide bonds. The minimum absolute atomic E-state index is 0.0146. The predicted octanol–water partition coefficient (Wildman–Crippen LogP) is 3.40. The Balaban J connectivity index is 2.37. The van der Waals surface area contributed by atoms with Crippen LogP contribution in [-0.4, -0.2) is 39.0 Å². The quantitative estimate of drug-likeness (QED) is 0.611. The second-order valence-electron chi connectivity index (χ2n) is 7.41. The molecule has 8 heteroatoms. The van der Waals surface area contributed by atoms with Crippen LogP contribution in [0, 0.1) is 10.1 Å². The van der Waals surface area contributed by atoms with Crippen LogP contribution in [0.5, 0.6) is 0 Å². The zero-order chi connectivity index (χ0) is 17.6. The first-order chi connectivity index (χ1) is 10.5. The summed E-state index contributed by atoms with van der Waals surface area (Å²) in [6.07, 6.45) is 3.24. The predicted molar refractivity (Wildman–Crippen MR) is 95.6 cm³/mol. The fourth-order valence-electron chi connectivity index (χ4n) is 3.49. The minimum atomic E-state index is -0.485. The van der Waals surface area contributed by atoms with Crippen LogP contribution in [0.15, 0.2) is 10.7 Å². The molecule has 0 aromatic carbocycles. The average Bonchev–Trinajstić information content (AvgIpc) is 2.39. The topological polar surface area (TPSA) is 97.3 Å². The molecule has 1 fully saturated rings. The van der Waals surface area contributed by atoms with E-state index in [0.717, 1.165) is 12.8 Å². The van der Waals surface area contributed by atoms with Gasteiger partial charge in [-0.2, -0.15) is 0 Å². The fourth-order valence-corrected chi connectivity index (χ4v) is 3.90. The van der Waals surface area contributed by atoms with E-state index < -0.39 is 4.92 Å². The highest BCUT2D eigenvalue weighted by molar-refractivity contribution is 9.10. The van der Waals surface area contributed by atoms with Crippen LogP contribution in [-0.2, 0) is 0 Å². The van der Waals surface area contributed by atoms with Gasteiger partial charge in [-0.05, 0) is 63.5 Å². The maximum Gasteiger partial charge on any atom is 0.335 e. The summed E-state index contributed by atoms with van der Waals surface area (Å²) in [5.74, 6) is -0.0767. The van der Waals surface area contributed by atoms with Gasteiger partial charge >= 0.3 is 5.69 Å². The number of rotatable bonds is 3. The lowest BCUT2D eigenvalue weighted by Gasteiger charge is -2.53. The normalized spacial score (nSPS) is 21.1. The molecule has 128 valence electrons. The minimum Gasteiger partial charge on any atom is -0.378 e. The van der Waals surface area contributed by atoms with Gasteiger partial charge in [0.05, 0.1) is 9.40 Å². The Kier molecular flexibility index (Phi) is 4.60. The molecule has 0 aliphatic carbocycles. The summed E-state index contributed by atoms with van der Waals surface area (Å²) in [6, 6.07) is 0.105. The molecule has 0 bridgehead atoms. The van der Waals surface area contributed by atoms with E-state index in [4.69, 9.17) is 5.73 Å². The lowest BCUT2D eigenvalue weighted by atomic mass is 9.77. The number of hydrogen-bond acceptors (Lipinski definition) is 6. The molecular weight excluding hydrogens is 362 g/mol. The van der Waals surface area contributed by atoms with Crippen LogP contribution < -0.4 is 11.1 Å². The molecule has 3 N–H and O–H groups in total. The summed E-state index contributed by atoms with van der Waals surface area (Å²) in [4.78, 5) is 17.1. The number of nitrogen functional groups attached to an aromatic ring is 1. The van der Waals surface area contributed by atoms with Crippen molar-refractivity contribution in [2.45, 2.75) is 57.7 Å². The highest BCUT2D eigenvalue weighted by Crippen LogP contribution is 2.41. The molecule has 0 spiro atoms. The van der Waals surface area contributed by atoms with E-state index in [9.17, 15) is 10.1 Å². The van der Waals surface area contributed by atoms with E-state index in [1.165, 1.54) is 6.20 Å². The van der Waals surface area contributed by atoms with Crippen molar-refractivity contribution in [3.63, 3.8) is 0 Å². The summed E-state index contributed by atoms with van der Waals surface area (Å²) in [5, 5.41) is 14.7. The van der Waals surface area contributed by atoms with E-state index in [1.807, 2.05) is 0 Å². The Bertz CT molecular complexity index is 615. The van der Waals surface area contributed by atoms with E-state index >= 15 is 0 Å². The number of anilines is 2. The van der Waals surface area contributed by atoms with Gasteiger partial charge in [0.15, 0.2) is 0 Å². The molecule has 7 nitrogen and oxygen atoms in total. The van der Waals surface area contributed by atoms with Crippen molar-refractivity contribution < 1.29 is 4.92 Å². The lowest BCUT2D eigenvalue weighted by Crippen LogP contribution is -2.61. The van der Waals surface area contributed by atoms with Gasteiger partial charge in [0.1, 0.15) is 5.69 Å². The van der Waals surface area contributed by atoms with Gasteiger partial charge in [0, 0.05) is 23.3 Å². The molecule has 1 aromatic rings. The van der Waals surface area contributed by atoms with Gasteiger partial charge in [-0.3, -0.25) is 15.0 Å². The zero-order valence-electron chi connectivity index (χ0n) is 14.2. The maximum atomic E-state index is 11.4. The molecule has 1 aliphatic heterocycles. The smallest absolute Gasteiger partial charge is 0.335 e. The molecule has 1 saturated heterocycles. The first-order valence-electron chi connectivity index (χ1n) is 7.54. The number of nitro groups is 1. The molecule has 0 unspecified atom stereocenters. The molecule has 23 heavy (non-hydrogen) atoms. The van der Waals surface area contributed by atoms with Gasteiger partial charge in [-0.1, -0.05) is 0 Å². The summed E-state index contributed by atoms with van der Waals surface area (Å²) >= 11 is 3.35. The number of pyridine rings is 1. The van der Waals surface area contributed by atoms with Crippen LogP contribution in [0.2, 0.25) is 0 Å². The Morgan fingerprint density at radius 2 is 1.91 bits per heavy atom. The van der Waals surface area contributed by atoms with E-state index in [-0.39, 0.29) is 28.6 Å². The van der Waals surface area contributed by atoms with Crippen molar-refractivity contribution >= 4 is 33.1 Å². The van der Waals surface area contributed by atoms with E-state index in [2.05, 4.69) is 65.9 Å². The van der Waals surface area contributed by atoms with Crippen molar-refractivity contribution in [3.05, 3.63) is 20.8 Å². The fraction of sp³-hybridized carbons (Fsp3) is 0.667. The second-order valence-corrected chi connectivity index (χ2v) is 8.26. The summed E-state index contributed by atoms with van der Waals surface area (Å²) in [5.41, 5.74) is 5.91. The second kappa shape index (κ2) is 5.90. The summed E-state index contributed by atoms with van der Waals surface area (Å²) < 4.78 is 0.549. The molecular formula is C15H24BrN5O2. The Morgan fingerprint density at radius 3 is 2.39 bits per heavy atom. The molecule has 1 aromatic heterocycles. The SMILES string of the molecule is CN1C(C)(C)CC(Nc2c(Br)cnc(N)c2[N+](=O)[O-])CC1(C)C. The number of likely N-dealkylation sites (tertiary alicyclic amines) is 1. The Morgan fingerprint density at radius 1 is 1.39 bits per heavy atom. The number of aromatic nitrogens is 1. The standard InChI is InChI=1S/C15H24BrN5O2/c1-14(2)6-9(7-15(3,4)20(14)5)19-11-10(16)8-18-13(17)12(11)21(22)23/h8-9H,6-7H2,1-5H3,(H3,17,18,19). The van der Waals surface area contributed by atoms with Gasteiger partial charge in [0.2, 0.25) is 5.82 Å². The number of nitrogens with one attached hydrogen (secondary N) is 1. The third-order valence-corrected chi connectivity index (χ3v) is 5.48. The Labute approximate surface area is 144 Å². The van der Waals surface area contributed by atoms with Crippen LogP contribution in [0.1, 0.15) is 40.5 Å². The summed E-state index contributed by atoms with van der Waals surface area (Å²) in [6.45, 7) is 8.75. The molecule has 0 atom stereocenters. The van der Waals surface area contributed by atoms with E-state index in [1.54, 1.807) is 0 Å². The maximum absolute atomic E-state index is 11.4. The van der Waals surface area contributed by atoms with Gasteiger partial charge in [-0.15, -0.1) is 0 Å². The number of piperidine rings is 1. The number of nitrogens with two attached hydrogens (primary N) is 1. The number of nitrogens with zero attached hydrogens (tertiary/aromatic N) is 3. The van der Waals surface area contributed by atoms with Crippen LogP contribution in [0.25, 0.3) is 0 Å². The van der Waals surface area contributed by atoms with E-state index in [0.29, 0.717) is 10.2 Å². The molecule has 0 saturated carbocycles. The van der Waals surface area contributed by atoms with Gasteiger partial charge in [0.25, 0.3) is 0 Å². The van der Waals surface area contributed by atoms with Crippen molar-refractivity contribution in [1.29, 1.82) is 0 Å². The highest BCUT2D eigenvalue weighted by atomic mass is 79.9. The van der Waals surface area contributed by atoms with Crippen LogP contribution >= 0.6 is 15.9 Å². The average molecular weight is 386 g/mol. The van der Waals surface area contributed by atoms with Gasteiger partial charge in [-0.25, -0.2) is 4.98 Å². The third kappa shape index (κ3) is 3.42. The van der Waals surface area contributed by atoms with Crippen LogP contribution in [0.4, 0.5) is 17.2 Å². The monoisotopic (exact) mass is 385 g/mol. The molecule has 1 aliphatic rings. The van der Waals surface area contributed by atoms with Crippen molar-refractivity contribution in [2.75, 3.05) is 18.1 Å². The Hall–Kier alpha value is -1.41. The number of halogens is 1. The largest absolute Gasteiger partial charge is 0.378 e. The van der Waals surface area contributed by atoms with Crippen LogP contribution in [0.3, 0.4) is 0 Å². The zero-order valence-corrected chi connectivity index (χ0v) is 15.8. The molecule has 2 rings (SSSR count). The van der Waals surface area contributed by atoms with Crippen molar-refractivity contribution in [1.82, 2.24) is 9.88 Å². The lowest BCUT2D eigenvalue weighted by molar-refractivity contribution is -0.383.